The average Bonchev–Trinajstić information content (AvgIpc) is 2.52. The summed E-state index contributed by atoms with van der Waals surface area (Å²) in [7, 11) is -3.52. The Kier molecular flexibility index (Phi) is 3.51. The standard InChI is InChI=1S/C20H22ClNO2S/c21-19-3-1-2-16-9-17(4-5-18(16)19)25(23,24)22-20-10-13-6-14(11-20)8-15(7-13)12-20/h1-5,9,13-15,22H,6-8,10-12H2. The SMILES string of the molecule is O=S(=O)(NC12CC3CC(CC(C3)C1)C2)c1ccc2c(Cl)cccc2c1. The molecular formula is C20H22ClNO2S. The zero-order valence-corrected chi connectivity index (χ0v) is 15.6. The topological polar surface area (TPSA) is 46.2 Å². The van der Waals surface area contributed by atoms with E-state index in [2.05, 4.69) is 4.72 Å². The lowest BCUT2D eigenvalue weighted by atomic mass is 9.53. The highest BCUT2D eigenvalue weighted by Crippen LogP contribution is 2.56. The van der Waals surface area contributed by atoms with Crippen molar-refractivity contribution in [3.8, 4) is 0 Å². The van der Waals surface area contributed by atoms with Crippen LogP contribution < -0.4 is 4.72 Å². The molecular weight excluding hydrogens is 354 g/mol. The van der Waals surface area contributed by atoms with Crippen molar-refractivity contribution >= 4 is 32.4 Å². The number of sulfonamides is 1. The molecule has 3 nitrogen and oxygen atoms in total. The summed E-state index contributed by atoms with van der Waals surface area (Å²) in [4.78, 5) is 0.345. The van der Waals surface area contributed by atoms with E-state index in [-0.39, 0.29) is 5.54 Å². The number of benzene rings is 2. The highest BCUT2D eigenvalue weighted by atomic mass is 35.5. The van der Waals surface area contributed by atoms with Crippen LogP contribution in [0, 0.1) is 17.8 Å². The highest BCUT2D eigenvalue weighted by molar-refractivity contribution is 7.89. The van der Waals surface area contributed by atoms with Crippen molar-refractivity contribution in [2.75, 3.05) is 0 Å². The molecule has 4 fully saturated rings. The monoisotopic (exact) mass is 375 g/mol. The Morgan fingerprint density at radius 2 is 1.60 bits per heavy atom. The van der Waals surface area contributed by atoms with E-state index in [4.69, 9.17) is 11.6 Å². The van der Waals surface area contributed by atoms with Crippen molar-refractivity contribution in [3.63, 3.8) is 0 Å². The maximum Gasteiger partial charge on any atom is 0.241 e. The summed E-state index contributed by atoms with van der Waals surface area (Å²) in [5, 5.41) is 2.40. The summed E-state index contributed by atoms with van der Waals surface area (Å²) in [5.74, 6) is 2.14. The van der Waals surface area contributed by atoms with Gasteiger partial charge in [-0.3, -0.25) is 0 Å². The van der Waals surface area contributed by atoms with Crippen LogP contribution >= 0.6 is 11.6 Å². The van der Waals surface area contributed by atoms with E-state index >= 15 is 0 Å². The second-order valence-electron chi connectivity index (χ2n) is 8.43. The average molecular weight is 376 g/mol. The molecule has 0 amide bonds. The minimum Gasteiger partial charge on any atom is -0.207 e. The highest BCUT2D eigenvalue weighted by Gasteiger charge is 2.52. The molecule has 5 heteroatoms. The molecule has 0 radical (unpaired) electrons. The summed E-state index contributed by atoms with van der Waals surface area (Å²) >= 11 is 6.20. The van der Waals surface area contributed by atoms with Crippen LogP contribution in [-0.4, -0.2) is 14.0 Å². The van der Waals surface area contributed by atoms with Gasteiger partial charge in [0.1, 0.15) is 0 Å². The first kappa shape index (κ1) is 16.1. The molecule has 6 rings (SSSR count). The van der Waals surface area contributed by atoms with E-state index < -0.39 is 10.0 Å². The molecule has 0 saturated heterocycles. The quantitative estimate of drug-likeness (QED) is 0.842. The lowest BCUT2D eigenvalue weighted by molar-refractivity contribution is -0.00810. The van der Waals surface area contributed by atoms with Crippen molar-refractivity contribution in [3.05, 3.63) is 41.4 Å². The molecule has 0 atom stereocenters. The van der Waals surface area contributed by atoms with Crippen LogP contribution in [0.4, 0.5) is 0 Å². The molecule has 132 valence electrons. The third kappa shape index (κ3) is 2.70. The minimum absolute atomic E-state index is 0.211. The molecule has 0 aliphatic heterocycles. The van der Waals surface area contributed by atoms with Crippen molar-refractivity contribution in [2.24, 2.45) is 17.8 Å². The fraction of sp³-hybridized carbons (Fsp3) is 0.500. The van der Waals surface area contributed by atoms with Gasteiger partial charge in [0, 0.05) is 15.9 Å². The smallest absolute Gasteiger partial charge is 0.207 e. The molecule has 4 bridgehead atoms. The second-order valence-corrected chi connectivity index (χ2v) is 10.5. The summed E-state index contributed by atoms with van der Waals surface area (Å²) in [5.41, 5.74) is -0.211. The maximum absolute atomic E-state index is 13.1. The summed E-state index contributed by atoms with van der Waals surface area (Å²) in [6.45, 7) is 0. The molecule has 2 aromatic rings. The summed E-state index contributed by atoms with van der Waals surface area (Å²) < 4.78 is 29.3. The Labute approximate surface area is 153 Å². The van der Waals surface area contributed by atoms with E-state index in [0.717, 1.165) is 30.0 Å². The van der Waals surface area contributed by atoms with Gasteiger partial charge in [-0.2, -0.15) is 0 Å². The van der Waals surface area contributed by atoms with E-state index in [9.17, 15) is 8.42 Å². The van der Waals surface area contributed by atoms with Gasteiger partial charge in [0.2, 0.25) is 10.0 Å². The van der Waals surface area contributed by atoms with Gasteiger partial charge in [-0.15, -0.1) is 0 Å². The van der Waals surface area contributed by atoms with Crippen molar-refractivity contribution in [1.82, 2.24) is 4.72 Å². The van der Waals surface area contributed by atoms with E-state index in [0.29, 0.717) is 27.7 Å². The van der Waals surface area contributed by atoms with Crippen LogP contribution in [0.15, 0.2) is 41.3 Å². The predicted molar refractivity (Wildman–Crippen MR) is 100 cm³/mol. The van der Waals surface area contributed by atoms with Gasteiger partial charge in [0.05, 0.1) is 4.90 Å². The Bertz CT molecular complexity index is 918. The van der Waals surface area contributed by atoms with Gasteiger partial charge in [-0.05, 0) is 79.9 Å². The fourth-order valence-electron chi connectivity index (χ4n) is 5.97. The number of fused-ring (bicyclic) bond motifs is 1. The molecule has 4 aliphatic rings. The Morgan fingerprint density at radius 1 is 0.960 bits per heavy atom. The first-order valence-corrected chi connectivity index (χ1v) is 11.0. The van der Waals surface area contributed by atoms with Gasteiger partial charge in [0.15, 0.2) is 0 Å². The lowest BCUT2D eigenvalue weighted by Gasteiger charge is -2.56. The first-order valence-electron chi connectivity index (χ1n) is 9.15. The molecule has 2 aromatic carbocycles. The number of hydrogen-bond acceptors (Lipinski definition) is 2. The molecule has 0 unspecified atom stereocenters. The van der Waals surface area contributed by atoms with Gasteiger partial charge in [-0.25, -0.2) is 13.1 Å². The normalized spacial score (nSPS) is 33.9. The first-order chi connectivity index (χ1) is 11.9. The van der Waals surface area contributed by atoms with Gasteiger partial charge in [0.25, 0.3) is 0 Å². The molecule has 0 spiro atoms. The van der Waals surface area contributed by atoms with Crippen LogP contribution in [0.2, 0.25) is 5.02 Å². The molecule has 4 aliphatic carbocycles. The van der Waals surface area contributed by atoms with E-state index in [1.165, 1.54) is 19.3 Å². The lowest BCUT2D eigenvalue weighted by Crippen LogP contribution is -2.59. The molecule has 0 heterocycles. The van der Waals surface area contributed by atoms with Crippen LogP contribution in [0.5, 0.6) is 0 Å². The molecule has 4 saturated carbocycles. The van der Waals surface area contributed by atoms with E-state index in [1.807, 2.05) is 24.3 Å². The predicted octanol–water partition coefficient (Wildman–Crippen LogP) is 4.74. The van der Waals surface area contributed by atoms with Crippen molar-refractivity contribution < 1.29 is 8.42 Å². The van der Waals surface area contributed by atoms with E-state index in [1.54, 1.807) is 12.1 Å². The van der Waals surface area contributed by atoms with Crippen LogP contribution in [0.25, 0.3) is 10.8 Å². The third-order valence-corrected chi connectivity index (χ3v) is 8.40. The zero-order valence-electron chi connectivity index (χ0n) is 14.0. The van der Waals surface area contributed by atoms with Gasteiger partial charge < -0.3 is 0 Å². The largest absolute Gasteiger partial charge is 0.241 e. The van der Waals surface area contributed by atoms with Crippen molar-refractivity contribution in [2.45, 2.75) is 49.0 Å². The zero-order chi connectivity index (χ0) is 17.2. The van der Waals surface area contributed by atoms with Gasteiger partial charge in [-0.1, -0.05) is 29.8 Å². The molecule has 25 heavy (non-hydrogen) atoms. The summed E-state index contributed by atoms with van der Waals surface area (Å²) in [6, 6.07) is 10.8. The Balaban J connectivity index is 1.49. The van der Waals surface area contributed by atoms with Crippen LogP contribution in [-0.2, 0) is 10.0 Å². The maximum atomic E-state index is 13.1. The van der Waals surface area contributed by atoms with Crippen molar-refractivity contribution in [1.29, 1.82) is 0 Å². The number of rotatable bonds is 3. The number of nitrogens with one attached hydrogen (secondary N) is 1. The van der Waals surface area contributed by atoms with Crippen LogP contribution in [0.1, 0.15) is 38.5 Å². The fourth-order valence-corrected chi connectivity index (χ4v) is 7.68. The third-order valence-electron chi connectivity index (χ3n) is 6.50. The molecule has 1 N–H and O–H groups in total. The second kappa shape index (κ2) is 5.45. The van der Waals surface area contributed by atoms with Crippen LogP contribution in [0.3, 0.4) is 0 Å². The number of hydrogen-bond donors (Lipinski definition) is 1. The summed E-state index contributed by atoms with van der Waals surface area (Å²) in [6.07, 6.45) is 6.94. The Hall–Kier alpha value is -1.10. The minimum atomic E-state index is -3.52. The molecule has 0 aromatic heterocycles. The van der Waals surface area contributed by atoms with Gasteiger partial charge >= 0.3 is 0 Å². The Morgan fingerprint density at radius 3 is 2.24 bits per heavy atom. The number of halogens is 1.